The number of aryl methyl sites for hydroxylation is 1. The van der Waals surface area contributed by atoms with Gasteiger partial charge < -0.3 is 20.5 Å². The van der Waals surface area contributed by atoms with Crippen LogP contribution in [-0.2, 0) is 19.3 Å². The van der Waals surface area contributed by atoms with Gasteiger partial charge in [0.15, 0.2) is 0 Å². The first-order valence-corrected chi connectivity index (χ1v) is 13.3. The molecule has 40 heavy (non-hydrogen) atoms. The minimum atomic E-state index is -4.57. The second-order valence-corrected chi connectivity index (χ2v) is 10.5. The van der Waals surface area contributed by atoms with Crippen molar-refractivity contribution in [2.24, 2.45) is 0 Å². The molecule has 1 fully saturated rings. The monoisotopic (exact) mass is 570 g/mol. The van der Waals surface area contributed by atoms with Crippen molar-refractivity contribution in [2.75, 3.05) is 43.9 Å². The second-order valence-electron chi connectivity index (χ2n) is 10.1. The summed E-state index contributed by atoms with van der Waals surface area (Å²) in [7, 11) is 2.00. The maximum Gasteiger partial charge on any atom is 0.416 e. The van der Waals surface area contributed by atoms with E-state index in [1.54, 1.807) is 24.5 Å². The van der Waals surface area contributed by atoms with E-state index in [4.69, 9.17) is 11.6 Å². The molecule has 3 heterocycles. The van der Waals surface area contributed by atoms with E-state index < -0.39 is 17.6 Å². The minimum Gasteiger partial charge on any atom is -0.381 e. The van der Waals surface area contributed by atoms with Gasteiger partial charge in [0.25, 0.3) is 5.91 Å². The molecule has 0 atom stereocenters. The number of halogens is 4. The lowest BCUT2D eigenvalue weighted by Crippen LogP contribution is -2.44. The number of aromatic nitrogens is 2. The van der Waals surface area contributed by atoms with Gasteiger partial charge in [0.05, 0.1) is 10.6 Å². The lowest BCUT2D eigenvalue weighted by Gasteiger charge is -2.33. The molecule has 0 saturated carbocycles. The van der Waals surface area contributed by atoms with Crippen LogP contribution in [0.1, 0.15) is 32.6 Å². The lowest BCUT2D eigenvalue weighted by molar-refractivity contribution is -0.138. The molecule has 0 unspecified atom stereocenters. The van der Waals surface area contributed by atoms with Crippen LogP contribution in [0, 0.1) is 6.92 Å². The zero-order chi connectivity index (χ0) is 28.4. The molecule has 11 heteroatoms. The van der Waals surface area contributed by atoms with Crippen molar-refractivity contribution in [3.8, 4) is 0 Å². The number of rotatable bonds is 7. The standard InChI is InChI=1S/C29H30ClF3N6O/c1-18-3-6-22(14-25(18)35-15-21-16-36-27-23(26(21)30)7-8-34-27)37-28(40)19-4-5-20(24(13-19)29(31,32)33)17-39-11-9-38(2)10-12-39/h3-8,13-14,16,35H,9-12,15,17H2,1-2H3,(H,34,36)(H,37,40). The summed E-state index contributed by atoms with van der Waals surface area (Å²) in [6.45, 7) is 5.51. The minimum absolute atomic E-state index is 0.0535. The fraction of sp³-hybridized carbons (Fsp3) is 0.310. The van der Waals surface area contributed by atoms with E-state index in [1.807, 2.05) is 31.0 Å². The number of alkyl halides is 3. The summed E-state index contributed by atoms with van der Waals surface area (Å²) in [6.07, 6.45) is -1.10. The zero-order valence-corrected chi connectivity index (χ0v) is 23.0. The smallest absolute Gasteiger partial charge is 0.381 e. The summed E-state index contributed by atoms with van der Waals surface area (Å²) in [5, 5.41) is 7.47. The Balaban J connectivity index is 1.30. The number of hydrogen-bond donors (Lipinski definition) is 3. The van der Waals surface area contributed by atoms with Gasteiger partial charge in [0, 0.05) is 79.6 Å². The van der Waals surface area contributed by atoms with Gasteiger partial charge in [-0.05, 0) is 55.4 Å². The van der Waals surface area contributed by atoms with Crippen LogP contribution >= 0.6 is 11.6 Å². The highest BCUT2D eigenvalue weighted by Crippen LogP contribution is 2.34. The number of nitrogens with one attached hydrogen (secondary N) is 3. The van der Waals surface area contributed by atoms with E-state index in [2.05, 4.69) is 25.5 Å². The number of carbonyl (C=O) groups is 1. The van der Waals surface area contributed by atoms with E-state index in [0.29, 0.717) is 36.0 Å². The average Bonchev–Trinajstić information content (AvgIpc) is 3.40. The van der Waals surface area contributed by atoms with E-state index in [-0.39, 0.29) is 17.7 Å². The Labute approximate surface area is 235 Å². The van der Waals surface area contributed by atoms with Crippen LogP contribution in [0.15, 0.2) is 54.9 Å². The fourth-order valence-electron chi connectivity index (χ4n) is 4.79. The van der Waals surface area contributed by atoms with Gasteiger partial charge in [-0.15, -0.1) is 0 Å². The summed E-state index contributed by atoms with van der Waals surface area (Å²) in [6, 6.07) is 11.0. The molecule has 1 aliphatic rings. The molecule has 1 aliphatic heterocycles. The van der Waals surface area contributed by atoms with Crippen molar-refractivity contribution in [2.45, 2.75) is 26.2 Å². The van der Waals surface area contributed by atoms with Crippen LogP contribution in [0.25, 0.3) is 11.0 Å². The Bertz CT molecular complexity index is 1530. The topological polar surface area (TPSA) is 76.3 Å². The first kappa shape index (κ1) is 27.9. The Hall–Kier alpha value is -3.60. The van der Waals surface area contributed by atoms with Crippen molar-refractivity contribution in [3.63, 3.8) is 0 Å². The molecular weight excluding hydrogens is 541 g/mol. The molecule has 3 N–H and O–H groups in total. The van der Waals surface area contributed by atoms with Crippen molar-refractivity contribution in [1.82, 2.24) is 19.8 Å². The first-order chi connectivity index (χ1) is 19.1. The van der Waals surface area contributed by atoms with Crippen molar-refractivity contribution >= 4 is 39.9 Å². The Kier molecular flexibility index (Phi) is 8.02. The molecule has 210 valence electrons. The van der Waals surface area contributed by atoms with E-state index in [9.17, 15) is 18.0 Å². The normalized spacial score (nSPS) is 14.9. The highest BCUT2D eigenvalue weighted by atomic mass is 35.5. The summed E-state index contributed by atoms with van der Waals surface area (Å²) in [5.74, 6) is -0.614. The molecule has 0 spiro atoms. The Morgan fingerprint density at radius 2 is 1.85 bits per heavy atom. The molecule has 2 aromatic carbocycles. The largest absolute Gasteiger partial charge is 0.416 e. The number of hydrogen-bond acceptors (Lipinski definition) is 5. The van der Waals surface area contributed by atoms with Crippen molar-refractivity contribution in [3.05, 3.63) is 87.7 Å². The number of pyridine rings is 1. The number of aromatic amines is 1. The van der Waals surface area contributed by atoms with Crippen LogP contribution in [-0.4, -0.2) is 58.9 Å². The fourth-order valence-corrected chi connectivity index (χ4v) is 5.06. The van der Waals surface area contributed by atoms with Crippen molar-refractivity contribution in [1.29, 1.82) is 0 Å². The lowest BCUT2D eigenvalue weighted by atomic mass is 10.0. The highest BCUT2D eigenvalue weighted by Gasteiger charge is 2.34. The number of piperazine rings is 1. The summed E-state index contributed by atoms with van der Waals surface area (Å²) >= 11 is 6.53. The highest BCUT2D eigenvalue weighted by molar-refractivity contribution is 6.36. The van der Waals surface area contributed by atoms with Crippen LogP contribution in [0.3, 0.4) is 0 Å². The number of H-pyrrole nitrogens is 1. The molecule has 1 amide bonds. The molecule has 5 rings (SSSR count). The number of anilines is 2. The maximum atomic E-state index is 14.0. The van der Waals surface area contributed by atoms with Crippen LogP contribution in [0.4, 0.5) is 24.5 Å². The number of likely N-dealkylation sites (N-methyl/N-ethyl adjacent to an activating group) is 1. The number of fused-ring (bicyclic) bond motifs is 1. The SMILES string of the molecule is Cc1ccc(NC(=O)c2ccc(CN3CCN(C)CC3)c(C(F)(F)F)c2)cc1NCc1cnc2[nH]ccc2c1Cl. The number of nitrogens with zero attached hydrogens (tertiary/aromatic N) is 3. The molecule has 2 aromatic heterocycles. The predicted octanol–water partition coefficient (Wildman–Crippen LogP) is 6.16. The number of benzene rings is 2. The molecule has 1 saturated heterocycles. The van der Waals surface area contributed by atoms with Crippen LogP contribution in [0.5, 0.6) is 0 Å². The second kappa shape index (κ2) is 11.5. The molecular formula is C29H30ClF3N6O. The van der Waals surface area contributed by atoms with Gasteiger partial charge in [-0.25, -0.2) is 4.98 Å². The third-order valence-electron chi connectivity index (χ3n) is 7.23. The van der Waals surface area contributed by atoms with Gasteiger partial charge in [0.2, 0.25) is 0 Å². The zero-order valence-electron chi connectivity index (χ0n) is 22.2. The third-order valence-corrected chi connectivity index (χ3v) is 7.67. The van der Waals surface area contributed by atoms with Crippen LogP contribution in [0.2, 0.25) is 5.02 Å². The summed E-state index contributed by atoms with van der Waals surface area (Å²) in [4.78, 5) is 24.6. The van der Waals surface area contributed by atoms with Gasteiger partial charge in [-0.3, -0.25) is 9.69 Å². The molecule has 0 radical (unpaired) electrons. The molecule has 7 nitrogen and oxygen atoms in total. The third kappa shape index (κ3) is 6.24. The van der Waals surface area contributed by atoms with Gasteiger partial charge in [-0.2, -0.15) is 13.2 Å². The van der Waals surface area contributed by atoms with Gasteiger partial charge >= 0.3 is 6.18 Å². The van der Waals surface area contributed by atoms with Crippen molar-refractivity contribution < 1.29 is 18.0 Å². The molecule has 0 aliphatic carbocycles. The summed E-state index contributed by atoms with van der Waals surface area (Å²) < 4.78 is 41.9. The molecule has 0 bridgehead atoms. The van der Waals surface area contributed by atoms with E-state index >= 15 is 0 Å². The molecule has 4 aromatic rings. The summed E-state index contributed by atoms with van der Waals surface area (Å²) in [5.41, 5.74) is 2.98. The Morgan fingerprint density at radius 3 is 2.60 bits per heavy atom. The quantitative estimate of drug-likeness (QED) is 0.248. The number of carbonyl (C=O) groups excluding carboxylic acids is 1. The van der Waals surface area contributed by atoms with Crippen LogP contribution < -0.4 is 10.6 Å². The number of amides is 1. The first-order valence-electron chi connectivity index (χ1n) is 13.0. The van der Waals surface area contributed by atoms with E-state index in [1.165, 1.54) is 12.1 Å². The van der Waals surface area contributed by atoms with Gasteiger partial charge in [-0.1, -0.05) is 23.7 Å². The average molecular weight is 571 g/mol. The van der Waals surface area contributed by atoms with Gasteiger partial charge in [0.1, 0.15) is 5.65 Å². The maximum absolute atomic E-state index is 14.0. The predicted molar refractivity (Wildman–Crippen MR) is 152 cm³/mol. The van der Waals surface area contributed by atoms with E-state index in [0.717, 1.165) is 41.4 Å². The Morgan fingerprint density at radius 1 is 1.07 bits per heavy atom.